The van der Waals surface area contributed by atoms with E-state index in [2.05, 4.69) is 132 Å². The maximum absolute atomic E-state index is 11.7. The van der Waals surface area contributed by atoms with Gasteiger partial charge in [0.05, 0.1) is 16.5 Å². The number of carboxylic acid groups (broad SMARTS) is 1. The molecule has 0 bridgehead atoms. The summed E-state index contributed by atoms with van der Waals surface area (Å²) in [6, 6.07) is 54.9. The third kappa shape index (κ3) is 5.84. The molecule has 8 heteroatoms. The predicted molar refractivity (Wildman–Crippen MR) is 208 cm³/mol. The number of fused-ring (bicyclic) bond motifs is 1. The number of carbonyl (C=O) groups is 1. The first-order valence-corrected chi connectivity index (χ1v) is 17.6. The lowest BCUT2D eigenvalue weighted by atomic mass is 9.59. The fraction of sp³-hybridized carbons (Fsp3) is 0.111. The summed E-state index contributed by atoms with van der Waals surface area (Å²) in [5.74, 6) is -0.968. The van der Waals surface area contributed by atoms with Gasteiger partial charge >= 0.3 is 5.97 Å². The predicted octanol–water partition coefficient (Wildman–Crippen LogP) is 10.8. The minimum Gasteiger partial charge on any atom is -0.478 e. The highest BCUT2D eigenvalue weighted by atomic mass is 16.4. The fourth-order valence-electron chi connectivity index (χ4n) is 7.60. The molecule has 2 heterocycles. The van der Waals surface area contributed by atoms with Gasteiger partial charge in [0.25, 0.3) is 0 Å². The van der Waals surface area contributed by atoms with Crippen LogP contribution in [0.3, 0.4) is 0 Å². The molecule has 2 N–H and O–H groups in total. The quantitative estimate of drug-likeness (QED) is 0.131. The molecule has 0 radical (unpaired) electrons. The van der Waals surface area contributed by atoms with E-state index >= 15 is 0 Å². The van der Waals surface area contributed by atoms with Crippen LogP contribution in [0.15, 0.2) is 184 Å². The summed E-state index contributed by atoms with van der Waals surface area (Å²) < 4.78 is 0. The number of aromatic carboxylic acids is 1. The second-order valence-corrected chi connectivity index (χ2v) is 13.0. The van der Waals surface area contributed by atoms with Crippen molar-refractivity contribution in [2.45, 2.75) is 31.0 Å². The Bertz CT molecular complexity index is 2360. The Kier molecular flexibility index (Phi) is 8.86. The van der Waals surface area contributed by atoms with Crippen LogP contribution in [0.5, 0.6) is 0 Å². The minimum atomic E-state index is -1.29. The molecule has 0 amide bonds. The third-order valence-electron chi connectivity index (χ3n) is 10.1. The van der Waals surface area contributed by atoms with Crippen molar-refractivity contribution < 1.29 is 9.90 Å². The molecule has 0 spiro atoms. The van der Waals surface area contributed by atoms with Gasteiger partial charge in [0.15, 0.2) is 0 Å². The van der Waals surface area contributed by atoms with Gasteiger partial charge in [-0.25, -0.2) is 4.79 Å². The molecule has 0 unspecified atom stereocenters. The number of nitrogens with zero attached hydrogens (tertiary/aromatic N) is 5. The van der Waals surface area contributed by atoms with Crippen LogP contribution in [0.1, 0.15) is 50.8 Å². The molecule has 0 aliphatic carbocycles. The van der Waals surface area contributed by atoms with Gasteiger partial charge in [-0.15, -0.1) is 10.2 Å². The molecule has 0 fully saturated rings. The van der Waals surface area contributed by atoms with E-state index in [9.17, 15) is 9.90 Å². The van der Waals surface area contributed by atoms with E-state index in [1.165, 1.54) is 0 Å². The number of hydrogen-bond acceptors (Lipinski definition) is 7. The van der Waals surface area contributed by atoms with Gasteiger partial charge in [0.1, 0.15) is 0 Å². The van der Waals surface area contributed by atoms with Crippen molar-refractivity contribution in [3.05, 3.63) is 203 Å². The van der Waals surface area contributed by atoms with Gasteiger partial charge < -0.3 is 10.4 Å². The molecule has 8 nitrogen and oxygen atoms in total. The number of anilines is 1. The highest BCUT2D eigenvalue weighted by molar-refractivity contribution is 5.98. The van der Waals surface area contributed by atoms with E-state index in [4.69, 9.17) is 15.2 Å². The molecule has 0 saturated heterocycles. The van der Waals surface area contributed by atoms with Gasteiger partial charge in [-0.05, 0) is 74.5 Å². The van der Waals surface area contributed by atoms with E-state index in [1.807, 2.05) is 36.4 Å². The zero-order valence-electron chi connectivity index (χ0n) is 29.1. The summed E-state index contributed by atoms with van der Waals surface area (Å²) in [7, 11) is 0. The van der Waals surface area contributed by atoms with Gasteiger partial charge in [0, 0.05) is 28.9 Å². The van der Waals surface area contributed by atoms with Crippen LogP contribution in [0.4, 0.5) is 5.69 Å². The lowest BCUT2D eigenvalue weighted by molar-refractivity contribution is 0.0697. The van der Waals surface area contributed by atoms with Gasteiger partial charge in [-0.2, -0.15) is 0 Å². The van der Waals surface area contributed by atoms with Crippen molar-refractivity contribution in [2.75, 3.05) is 5.32 Å². The van der Waals surface area contributed by atoms with Crippen LogP contribution in [0.25, 0.3) is 22.0 Å². The zero-order chi connectivity index (χ0) is 36.3. The Morgan fingerprint density at radius 1 is 0.679 bits per heavy atom. The molecule has 1 aliphatic rings. The number of benzene rings is 6. The molecular formula is C45H36N6O2. The second-order valence-electron chi connectivity index (χ2n) is 13.0. The van der Waals surface area contributed by atoms with Crippen molar-refractivity contribution >= 4 is 22.6 Å². The third-order valence-corrected chi connectivity index (χ3v) is 10.1. The Morgan fingerprint density at radius 2 is 1.25 bits per heavy atom. The summed E-state index contributed by atoms with van der Waals surface area (Å²) in [6.07, 6.45) is 0.764. The molecule has 6 aromatic carbocycles. The molecule has 53 heavy (non-hydrogen) atoms. The maximum Gasteiger partial charge on any atom is 0.335 e. The zero-order valence-corrected chi connectivity index (χ0v) is 29.1. The Labute approximate surface area is 307 Å². The van der Waals surface area contributed by atoms with Gasteiger partial charge in [-0.3, -0.25) is 4.98 Å². The maximum atomic E-state index is 11.7. The topological polar surface area (TPSA) is 112 Å². The highest BCUT2D eigenvalue weighted by Crippen LogP contribution is 2.58. The van der Waals surface area contributed by atoms with E-state index in [0.717, 1.165) is 67.6 Å². The summed E-state index contributed by atoms with van der Waals surface area (Å²) in [6.45, 7) is 2.59. The Hall–Kier alpha value is -6.80. The molecule has 258 valence electrons. The van der Waals surface area contributed by atoms with Gasteiger partial charge in [-0.1, -0.05) is 146 Å². The number of aromatic nitrogens is 1. The second kappa shape index (κ2) is 14.1. The number of nitrogens with one attached hydrogen (secondary N) is 1. The summed E-state index contributed by atoms with van der Waals surface area (Å²) in [5.41, 5.74) is 7.48. The normalized spacial score (nSPS) is 13.3. The van der Waals surface area contributed by atoms with Crippen LogP contribution in [0.2, 0.25) is 0 Å². The van der Waals surface area contributed by atoms with Crippen LogP contribution in [-0.2, 0) is 24.0 Å². The summed E-state index contributed by atoms with van der Waals surface area (Å²) in [5, 5.41) is 32.4. The highest BCUT2D eigenvalue weighted by Gasteiger charge is 2.60. The number of aryl methyl sites for hydroxylation is 1. The summed E-state index contributed by atoms with van der Waals surface area (Å²) >= 11 is 0. The van der Waals surface area contributed by atoms with Crippen molar-refractivity contribution in [3.63, 3.8) is 0 Å². The lowest BCUT2D eigenvalue weighted by Gasteiger charge is -2.45. The van der Waals surface area contributed by atoms with Crippen LogP contribution < -0.4 is 5.32 Å². The molecule has 1 aromatic heterocycles. The van der Waals surface area contributed by atoms with Gasteiger partial charge in [0.2, 0.25) is 5.66 Å². The first-order chi connectivity index (χ1) is 26.0. The van der Waals surface area contributed by atoms with E-state index in [0.29, 0.717) is 6.54 Å². The number of hydrogen-bond donors (Lipinski definition) is 2. The van der Waals surface area contributed by atoms with Crippen molar-refractivity contribution in [3.8, 4) is 11.1 Å². The molecule has 7 aromatic rings. The average molecular weight is 693 g/mol. The van der Waals surface area contributed by atoms with E-state index < -0.39 is 17.0 Å². The molecule has 8 rings (SSSR count). The smallest absolute Gasteiger partial charge is 0.335 e. The molecule has 0 atom stereocenters. The monoisotopic (exact) mass is 692 g/mol. The van der Waals surface area contributed by atoms with Crippen LogP contribution in [0, 0.1) is 0 Å². The van der Waals surface area contributed by atoms with Crippen molar-refractivity contribution in [2.24, 2.45) is 20.7 Å². The van der Waals surface area contributed by atoms with Crippen LogP contribution >= 0.6 is 0 Å². The van der Waals surface area contributed by atoms with E-state index in [1.54, 1.807) is 18.2 Å². The average Bonchev–Trinajstić information content (AvgIpc) is 3.72. The molecule has 1 aliphatic heterocycles. The summed E-state index contributed by atoms with van der Waals surface area (Å²) in [4.78, 5) is 16.5. The first kappa shape index (κ1) is 33.3. The van der Waals surface area contributed by atoms with Crippen LogP contribution in [-0.4, -0.2) is 16.1 Å². The lowest BCUT2D eigenvalue weighted by Crippen LogP contribution is -2.48. The number of carboxylic acids is 1. The van der Waals surface area contributed by atoms with Crippen molar-refractivity contribution in [1.82, 2.24) is 4.98 Å². The Morgan fingerprint density at radius 3 is 1.81 bits per heavy atom. The SMILES string of the molecule is CCc1cc(NCc2ccc(-c3ccccc3C3(C(c4ccccc4)(c4ccccc4)c4ccccc4)N=NN=N3)cc2)c2cc(C(=O)O)ccc2n1. The minimum absolute atomic E-state index is 0.226. The molecule has 0 saturated carbocycles. The largest absolute Gasteiger partial charge is 0.478 e. The number of rotatable bonds is 11. The Balaban J connectivity index is 1.22. The first-order valence-electron chi connectivity index (χ1n) is 17.6. The standard InChI is InChI=1S/C45H36N6O2/c1-2-37-29-42(39-28-33(43(52)53)26-27-41(39)47-37)46-30-31-22-24-32(25-23-31)38-20-12-13-21-40(38)45(48-50-51-49-45)44(34-14-6-3-7-15-34,35-16-8-4-9-17-35)36-18-10-5-11-19-36/h3-29H,2,30H2,1H3,(H,46,47)(H,52,53). The van der Waals surface area contributed by atoms with E-state index in [-0.39, 0.29) is 5.56 Å². The number of pyridine rings is 1. The fourth-order valence-corrected chi connectivity index (χ4v) is 7.60. The van der Waals surface area contributed by atoms with Crippen molar-refractivity contribution in [1.29, 1.82) is 0 Å². The molecular weight excluding hydrogens is 657 g/mol.